The lowest BCUT2D eigenvalue weighted by Gasteiger charge is -2.09. The molecule has 9 nitrogen and oxygen atoms in total. The predicted octanol–water partition coefficient (Wildman–Crippen LogP) is 5.27. The molecule has 2 heterocycles. The smallest absolute Gasteiger partial charge is 0.269 e. The minimum absolute atomic E-state index is 0.00695. The molecule has 180 valence electrons. The average molecular weight is 482 g/mol. The van der Waals surface area contributed by atoms with Gasteiger partial charge in [-0.25, -0.2) is 4.68 Å². The molecule has 0 bridgehead atoms. The van der Waals surface area contributed by atoms with Crippen LogP contribution in [0.5, 0.6) is 5.75 Å². The maximum absolute atomic E-state index is 12.5. The highest BCUT2D eigenvalue weighted by Crippen LogP contribution is 2.31. The van der Waals surface area contributed by atoms with E-state index in [9.17, 15) is 14.9 Å². The Morgan fingerprint density at radius 1 is 1.06 bits per heavy atom. The summed E-state index contributed by atoms with van der Waals surface area (Å²) in [7, 11) is 0. The first-order valence-electron chi connectivity index (χ1n) is 11.4. The average Bonchev–Trinajstić information content (AvgIpc) is 3.46. The van der Waals surface area contributed by atoms with Gasteiger partial charge < -0.3 is 9.30 Å². The molecule has 0 saturated heterocycles. The lowest BCUT2D eigenvalue weighted by molar-refractivity contribution is -0.384. The topological polar surface area (TPSA) is 105 Å². The Kier molecular flexibility index (Phi) is 6.03. The van der Waals surface area contributed by atoms with Crippen LogP contribution in [-0.2, 0) is 13.2 Å². The van der Waals surface area contributed by atoms with E-state index >= 15 is 0 Å². The zero-order valence-corrected chi connectivity index (χ0v) is 19.8. The predicted molar refractivity (Wildman–Crippen MR) is 135 cm³/mol. The van der Waals surface area contributed by atoms with Gasteiger partial charge in [0.1, 0.15) is 18.1 Å². The van der Waals surface area contributed by atoms with E-state index in [2.05, 4.69) is 27.0 Å². The first-order valence-corrected chi connectivity index (χ1v) is 11.4. The lowest BCUT2D eigenvalue weighted by Crippen LogP contribution is -2.03. The van der Waals surface area contributed by atoms with E-state index in [-0.39, 0.29) is 18.1 Å². The molecular formula is C27H23N5O4. The van der Waals surface area contributed by atoms with Gasteiger partial charge in [0, 0.05) is 40.8 Å². The number of ether oxygens (including phenoxy) is 1. The van der Waals surface area contributed by atoms with Crippen molar-refractivity contribution in [1.82, 2.24) is 19.6 Å². The van der Waals surface area contributed by atoms with Crippen LogP contribution in [0, 0.1) is 17.0 Å². The Labute approximate surface area is 206 Å². The van der Waals surface area contributed by atoms with Crippen LogP contribution in [0.3, 0.4) is 0 Å². The number of hydrogen-bond acceptors (Lipinski definition) is 6. The highest BCUT2D eigenvalue weighted by Gasteiger charge is 2.18. The molecule has 0 atom stereocenters. The molecule has 0 unspecified atom stereocenters. The highest BCUT2D eigenvalue weighted by molar-refractivity contribution is 6.08. The zero-order valence-electron chi connectivity index (χ0n) is 19.8. The normalized spacial score (nSPS) is 11.1. The maximum atomic E-state index is 12.5. The fourth-order valence-corrected chi connectivity index (χ4v) is 4.34. The minimum atomic E-state index is -0.448. The van der Waals surface area contributed by atoms with E-state index in [1.165, 1.54) is 16.8 Å². The highest BCUT2D eigenvalue weighted by atomic mass is 16.6. The van der Waals surface area contributed by atoms with E-state index in [1.54, 1.807) is 25.3 Å². The molecule has 2 aromatic heterocycles. The first-order chi connectivity index (χ1) is 17.4. The summed E-state index contributed by atoms with van der Waals surface area (Å²) in [5, 5.41) is 19.9. The van der Waals surface area contributed by atoms with Crippen LogP contribution in [0.2, 0.25) is 0 Å². The van der Waals surface area contributed by atoms with Crippen molar-refractivity contribution in [1.29, 1.82) is 0 Å². The summed E-state index contributed by atoms with van der Waals surface area (Å²) in [5.74, 6) is 0.624. The summed E-state index contributed by atoms with van der Waals surface area (Å²) >= 11 is 0. The van der Waals surface area contributed by atoms with Crippen molar-refractivity contribution in [2.24, 2.45) is 0 Å². The van der Waals surface area contributed by atoms with Crippen LogP contribution in [0.1, 0.15) is 34.2 Å². The Morgan fingerprint density at radius 2 is 1.81 bits per heavy atom. The van der Waals surface area contributed by atoms with Crippen LogP contribution in [0.4, 0.5) is 5.69 Å². The van der Waals surface area contributed by atoms with E-state index in [4.69, 9.17) is 4.74 Å². The van der Waals surface area contributed by atoms with Crippen LogP contribution in [0.25, 0.3) is 16.6 Å². The summed E-state index contributed by atoms with van der Waals surface area (Å²) in [6, 6.07) is 21.9. The second-order valence-corrected chi connectivity index (χ2v) is 8.48. The molecule has 36 heavy (non-hydrogen) atoms. The molecule has 0 amide bonds. The Balaban J connectivity index is 1.37. The number of hydrogen-bond donors (Lipinski definition) is 0. The van der Waals surface area contributed by atoms with Gasteiger partial charge in [-0.3, -0.25) is 14.9 Å². The number of aromatic nitrogens is 4. The first kappa shape index (κ1) is 23.0. The molecule has 0 saturated carbocycles. The summed E-state index contributed by atoms with van der Waals surface area (Å²) < 4.78 is 9.66. The molecule has 0 fully saturated rings. The molecule has 3 aromatic carbocycles. The molecule has 0 spiro atoms. The Hall–Kier alpha value is -4.79. The number of fused-ring (bicyclic) bond motifs is 1. The third-order valence-corrected chi connectivity index (χ3v) is 6.08. The van der Waals surface area contributed by atoms with Gasteiger partial charge in [0.15, 0.2) is 5.78 Å². The molecule has 0 aliphatic heterocycles. The van der Waals surface area contributed by atoms with Gasteiger partial charge in [0.05, 0.1) is 16.8 Å². The SMILES string of the molecule is CC(=O)c1c(C)n(Cc2ccccc2)c2ccc(OCc3cn(-c4ccc([N+](=O)[O-])cc4)nn3)cc12. The number of non-ortho nitro benzene ring substituents is 1. The second-order valence-electron chi connectivity index (χ2n) is 8.48. The van der Waals surface area contributed by atoms with Crippen molar-refractivity contribution >= 4 is 22.4 Å². The van der Waals surface area contributed by atoms with Crippen molar-refractivity contribution in [3.05, 3.63) is 112 Å². The molecule has 0 N–H and O–H groups in total. The number of nitro groups is 1. The van der Waals surface area contributed by atoms with Gasteiger partial charge in [0.25, 0.3) is 5.69 Å². The van der Waals surface area contributed by atoms with Gasteiger partial charge in [-0.2, -0.15) is 0 Å². The number of Topliss-reactive ketones (excluding diaryl/α,β-unsaturated/α-hetero) is 1. The van der Waals surface area contributed by atoms with Gasteiger partial charge in [0.2, 0.25) is 0 Å². The van der Waals surface area contributed by atoms with E-state index in [0.29, 0.717) is 29.2 Å². The summed E-state index contributed by atoms with van der Waals surface area (Å²) in [5.41, 5.74) is 5.00. The fraction of sp³-hybridized carbons (Fsp3) is 0.148. The van der Waals surface area contributed by atoms with Crippen molar-refractivity contribution in [3.63, 3.8) is 0 Å². The van der Waals surface area contributed by atoms with Crippen LogP contribution in [0.15, 0.2) is 79.0 Å². The molecule has 0 aliphatic carbocycles. The van der Waals surface area contributed by atoms with Gasteiger partial charge in [-0.05, 0) is 49.7 Å². The number of carbonyl (C=O) groups excluding carboxylic acids is 1. The molecule has 5 aromatic rings. The summed E-state index contributed by atoms with van der Waals surface area (Å²) in [4.78, 5) is 22.9. The number of nitrogens with zero attached hydrogens (tertiary/aromatic N) is 5. The second kappa shape index (κ2) is 9.46. The summed E-state index contributed by atoms with van der Waals surface area (Å²) in [6.07, 6.45) is 1.71. The van der Waals surface area contributed by atoms with E-state index in [0.717, 1.165) is 22.2 Å². The third kappa shape index (κ3) is 4.46. The number of benzene rings is 3. The van der Waals surface area contributed by atoms with Crippen molar-refractivity contribution < 1.29 is 14.5 Å². The Morgan fingerprint density at radius 3 is 2.50 bits per heavy atom. The van der Waals surface area contributed by atoms with Gasteiger partial charge in [-0.15, -0.1) is 5.10 Å². The fourth-order valence-electron chi connectivity index (χ4n) is 4.34. The number of rotatable bonds is 8. The molecular weight excluding hydrogens is 458 g/mol. The zero-order chi connectivity index (χ0) is 25.2. The van der Waals surface area contributed by atoms with Gasteiger partial charge >= 0.3 is 0 Å². The van der Waals surface area contributed by atoms with Crippen LogP contribution in [-0.4, -0.2) is 30.3 Å². The Bertz CT molecular complexity index is 1570. The number of ketones is 1. The quantitative estimate of drug-likeness (QED) is 0.170. The minimum Gasteiger partial charge on any atom is -0.487 e. The van der Waals surface area contributed by atoms with Crippen molar-refractivity contribution in [2.45, 2.75) is 27.0 Å². The summed E-state index contributed by atoms with van der Waals surface area (Å²) in [6.45, 7) is 4.40. The monoisotopic (exact) mass is 481 g/mol. The third-order valence-electron chi connectivity index (χ3n) is 6.08. The van der Waals surface area contributed by atoms with Crippen molar-refractivity contribution in [3.8, 4) is 11.4 Å². The standard InChI is InChI=1S/C27H23N5O4/c1-18-27(19(2)33)25-14-24(12-13-26(25)30(18)15-20-6-4-3-5-7-20)36-17-21-16-31(29-28-21)22-8-10-23(11-9-22)32(34)35/h3-14,16H,15,17H2,1-2H3. The van der Waals surface area contributed by atoms with Crippen LogP contribution >= 0.6 is 0 Å². The molecule has 0 radical (unpaired) electrons. The largest absolute Gasteiger partial charge is 0.487 e. The van der Waals surface area contributed by atoms with Gasteiger partial charge in [-0.1, -0.05) is 35.5 Å². The maximum Gasteiger partial charge on any atom is 0.269 e. The van der Waals surface area contributed by atoms with Crippen molar-refractivity contribution in [2.75, 3.05) is 0 Å². The van der Waals surface area contributed by atoms with E-state index < -0.39 is 4.92 Å². The van der Waals surface area contributed by atoms with E-state index in [1.807, 2.05) is 43.3 Å². The molecule has 5 rings (SSSR count). The number of carbonyl (C=O) groups is 1. The number of nitro benzene ring substituents is 1. The lowest BCUT2D eigenvalue weighted by atomic mass is 10.1. The molecule has 0 aliphatic rings. The van der Waals surface area contributed by atoms with Crippen LogP contribution < -0.4 is 4.74 Å². The molecule has 9 heteroatoms.